The van der Waals surface area contributed by atoms with Crippen molar-refractivity contribution in [3.05, 3.63) is 55.9 Å². The summed E-state index contributed by atoms with van der Waals surface area (Å²) in [5, 5.41) is 15.3. The van der Waals surface area contributed by atoms with Crippen molar-refractivity contribution in [2.45, 2.75) is 6.61 Å². The molecule has 0 aliphatic carbocycles. The predicted octanol–water partition coefficient (Wildman–Crippen LogP) is 5.00. The second kappa shape index (κ2) is 7.26. The van der Waals surface area contributed by atoms with Gasteiger partial charge in [-0.25, -0.2) is 4.79 Å². The Morgan fingerprint density at radius 2 is 1.95 bits per heavy atom. The molecule has 0 aromatic heterocycles. The maximum Gasteiger partial charge on any atom is 0.323 e. The van der Waals surface area contributed by atoms with Crippen LogP contribution in [0.2, 0.25) is 5.02 Å². The molecule has 2 rings (SSSR count). The van der Waals surface area contributed by atoms with Crippen LogP contribution in [0.5, 0.6) is 0 Å². The highest BCUT2D eigenvalue weighted by Gasteiger charge is 2.11. The van der Waals surface area contributed by atoms with Crippen LogP contribution in [-0.4, -0.2) is 11.1 Å². The molecule has 0 bridgehead atoms. The molecule has 0 spiro atoms. The third kappa shape index (κ3) is 4.44. The van der Waals surface area contributed by atoms with E-state index in [0.717, 1.165) is 4.47 Å². The van der Waals surface area contributed by atoms with E-state index in [4.69, 9.17) is 11.6 Å². The molecule has 21 heavy (non-hydrogen) atoms. The number of amides is 2. The quantitative estimate of drug-likeness (QED) is 0.637. The van der Waals surface area contributed by atoms with Crippen molar-refractivity contribution in [3.8, 4) is 0 Å². The van der Waals surface area contributed by atoms with E-state index in [1.54, 1.807) is 36.4 Å². The third-order valence-corrected chi connectivity index (χ3v) is 4.05. The van der Waals surface area contributed by atoms with Gasteiger partial charge in [-0.2, -0.15) is 0 Å². The summed E-state index contributed by atoms with van der Waals surface area (Å²) >= 11 is 12.5. The Kier molecular flexibility index (Phi) is 5.64. The van der Waals surface area contributed by atoms with E-state index < -0.39 is 6.03 Å². The molecular weight excluding hydrogens is 423 g/mol. The van der Waals surface area contributed by atoms with Crippen LogP contribution in [0.25, 0.3) is 0 Å². The van der Waals surface area contributed by atoms with E-state index >= 15 is 0 Å². The molecule has 110 valence electrons. The number of hydrogen-bond donors (Lipinski definition) is 3. The number of nitrogens with one attached hydrogen (secondary N) is 2. The van der Waals surface area contributed by atoms with Gasteiger partial charge in [-0.1, -0.05) is 49.5 Å². The van der Waals surface area contributed by atoms with Crippen LogP contribution >= 0.6 is 43.5 Å². The molecule has 2 aromatic rings. The molecule has 0 saturated carbocycles. The molecule has 4 nitrogen and oxygen atoms in total. The highest BCUT2D eigenvalue weighted by atomic mass is 79.9. The van der Waals surface area contributed by atoms with Gasteiger partial charge in [0, 0.05) is 25.2 Å². The molecule has 0 heterocycles. The summed E-state index contributed by atoms with van der Waals surface area (Å²) in [6.07, 6.45) is 0. The Labute approximate surface area is 143 Å². The van der Waals surface area contributed by atoms with E-state index in [2.05, 4.69) is 42.5 Å². The maximum absolute atomic E-state index is 12.0. The Morgan fingerprint density at radius 1 is 1.19 bits per heavy atom. The molecule has 0 aliphatic rings. The van der Waals surface area contributed by atoms with E-state index in [1.165, 1.54) is 0 Å². The molecule has 3 N–H and O–H groups in total. The lowest BCUT2D eigenvalue weighted by Gasteiger charge is -2.13. The Morgan fingerprint density at radius 3 is 2.62 bits per heavy atom. The minimum Gasteiger partial charge on any atom is -0.392 e. The van der Waals surface area contributed by atoms with Gasteiger partial charge in [-0.3, -0.25) is 0 Å². The van der Waals surface area contributed by atoms with Crippen LogP contribution in [0.15, 0.2) is 45.3 Å². The minimum atomic E-state index is -0.419. The summed E-state index contributed by atoms with van der Waals surface area (Å²) in [5.41, 5.74) is 1.69. The molecule has 2 aromatic carbocycles. The van der Waals surface area contributed by atoms with Gasteiger partial charge in [0.05, 0.1) is 12.3 Å². The van der Waals surface area contributed by atoms with Gasteiger partial charge in [0.15, 0.2) is 0 Å². The Hall–Kier alpha value is -1.08. The fourth-order valence-electron chi connectivity index (χ4n) is 1.73. The van der Waals surface area contributed by atoms with Crippen LogP contribution in [0.4, 0.5) is 16.2 Å². The second-order valence-electron chi connectivity index (χ2n) is 4.16. The number of aliphatic hydroxyl groups excluding tert-OH is 1. The molecule has 7 heteroatoms. The van der Waals surface area contributed by atoms with Crippen LogP contribution < -0.4 is 10.6 Å². The number of carbonyl (C=O) groups excluding carboxylic acids is 1. The first-order valence-electron chi connectivity index (χ1n) is 5.92. The molecule has 2 amide bonds. The van der Waals surface area contributed by atoms with E-state index in [0.29, 0.717) is 26.4 Å². The normalized spacial score (nSPS) is 10.3. The molecule has 0 saturated heterocycles. The van der Waals surface area contributed by atoms with Gasteiger partial charge in [0.2, 0.25) is 0 Å². The first kappa shape index (κ1) is 16.3. The van der Waals surface area contributed by atoms with E-state index in [9.17, 15) is 9.90 Å². The van der Waals surface area contributed by atoms with Gasteiger partial charge < -0.3 is 15.7 Å². The molecule has 0 atom stereocenters. The zero-order chi connectivity index (χ0) is 15.4. The van der Waals surface area contributed by atoms with E-state index in [-0.39, 0.29) is 6.61 Å². The monoisotopic (exact) mass is 432 g/mol. The zero-order valence-electron chi connectivity index (χ0n) is 10.7. The van der Waals surface area contributed by atoms with Crippen molar-refractivity contribution in [2.24, 2.45) is 0 Å². The minimum absolute atomic E-state index is 0.194. The molecule has 0 fully saturated rings. The average molecular weight is 435 g/mol. The van der Waals surface area contributed by atoms with Gasteiger partial charge in [0.1, 0.15) is 0 Å². The van der Waals surface area contributed by atoms with Crippen LogP contribution in [0, 0.1) is 0 Å². The SMILES string of the molecule is O=C(Nc1cccc(Cl)c1)Nc1cc(Br)cc(Br)c1CO. The molecular formula is C14H11Br2ClN2O2. The standard InChI is InChI=1S/C14H11Br2ClN2O2/c15-8-4-12(16)11(7-20)13(5-8)19-14(21)18-10-3-1-2-9(17)6-10/h1-6,20H,7H2,(H2,18,19,21). The number of halogens is 3. The Bertz CT molecular complexity index is 680. The number of aliphatic hydroxyl groups is 1. The van der Waals surface area contributed by atoms with Crippen LogP contribution in [0.3, 0.4) is 0 Å². The maximum atomic E-state index is 12.0. The first-order valence-corrected chi connectivity index (χ1v) is 7.88. The fourth-order valence-corrected chi connectivity index (χ4v) is 3.27. The highest BCUT2D eigenvalue weighted by Crippen LogP contribution is 2.30. The summed E-state index contributed by atoms with van der Waals surface area (Å²) in [6, 6.07) is 9.93. The molecule has 0 radical (unpaired) electrons. The fraction of sp³-hybridized carbons (Fsp3) is 0.0714. The number of hydrogen-bond acceptors (Lipinski definition) is 2. The lowest BCUT2D eigenvalue weighted by Crippen LogP contribution is -2.20. The first-order chi connectivity index (χ1) is 9.99. The lowest BCUT2D eigenvalue weighted by molar-refractivity contribution is 0.262. The number of rotatable bonds is 3. The van der Waals surface area contributed by atoms with Gasteiger partial charge >= 0.3 is 6.03 Å². The smallest absolute Gasteiger partial charge is 0.323 e. The predicted molar refractivity (Wildman–Crippen MR) is 91.9 cm³/mol. The highest BCUT2D eigenvalue weighted by molar-refractivity contribution is 9.11. The van der Waals surface area contributed by atoms with E-state index in [1.807, 2.05) is 0 Å². The topological polar surface area (TPSA) is 61.4 Å². The lowest BCUT2D eigenvalue weighted by atomic mass is 10.2. The molecule has 0 aliphatic heterocycles. The van der Waals surface area contributed by atoms with Crippen molar-refractivity contribution in [3.63, 3.8) is 0 Å². The van der Waals surface area contributed by atoms with Crippen molar-refractivity contribution >= 4 is 60.9 Å². The third-order valence-electron chi connectivity index (χ3n) is 2.65. The van der Waals surface area contributed by atoms with Crippen molar-refractivity contribution in [1.29, 1.82) is 0 Å². The zero-order valence-corrected chi connectivity index (χ0v) is 14.6. The van der Waals surface area contributed by atoms with Crippen LogP contribution in [0.1, 0.15) is 5.56 Å². The van der Waals surface area contributed by atoms with Gasteiger partial charge in [-0.05, 0) is 30.3 Å². The van der Waals surface area contributed by atoms with Gasteiger partial charge in [-0.15, -0.1) is 0 Å². The van der Waals surface area contributed by atoms with Crippen molar-refractivity contribution in [2.75, 3.05) is 10.6 Å². The average Bonchev–Trinajstić information content (AvgIpc) is 2.37. The molecule has 0 unspecified atom stereocenters. The summed E-state index contributed by atoms with van der Waals surface area (Å²) in [6.45, 7) is -0.194. The summed E-state index contributed by atoms with van der Waals surface area (Å²) < 4.78 is 1.49. The number of carbonyl (C=O) groups is 1. The second-order valence-corrected chi connectivity index (χ2v) is 6.37. The van der Waals surface area contributed by atoms with Gasteiger partial charge in [0.25, 0.3) is 0 Å². The Balaban J connectivity index is 2.16. The van der Waals surface area contributed by atoms with Crippen molar-refractivity contribution in [1.82, 2.24) is 0 Å². The number of benzene rings is 2. The summed E-state index contributed by atoms with van der Waals surface area (Å²) in [7, 11) is 0. The number of urea groups is 1. The number of anilines is 2. The largest absolute Gasteiger partial charge is 0.392 e. The van der Waals surface area contributed by atoms with Crippen LogP contribution in [-0.2, 0) is 6.61 Å². The summed E-state index contributed by atoms with van der Waals surface area (Å²) in [5.74, 6) is 0. The summed E-state index contributed by atoms with van der Waals surface area (Å²) in [4.78, 5) is 12.0. The van der Waals surface area contributed by atoms with Crippen molar-refractivity contribution < 1.29 is 9.90 Å².